The van der Waals surface area contributed by atoms with Crippen molar-refractivity contribution >= 4 is 27.5 Å². The monoisotopic (exact) mass is 655 g/mol. The second-order valence-electron chi connectivity index (χ2n) is 12.5. The number of hydrogen-bond donors (Lipinski definition) is 1. The molecule has 7 nitrogen and oxygen atoms in total. The van der Waals surface area contributed by atoms with Gasteiger partial charge in [0, 0.05) is 19.0 Å². The first kappa shape index (κ1) is 33.9. The number of carbonyl (C=O) groups excluding carboxylic acids is 2. The molecule has 0 aromatic heterocycles. The van der Waals surface area contributed by atoms with Gasteiger partial charge in [0.25, 0.3) is 10.0 Å². The van der Waals surface area contributed by atoms with Crippen LogP contribution in [0.4, 0.5) is 10.1 Å². The number of sulfonamides is 1. The molecule has 0 spiro atoms. The summed E-state index contributed by atoms with van der Waals surface area (Å²) in [5.41, 5.74) is 4.28. The van der Waals surface area contributed by atoms with Crippen molar-refractivity contribution in [3.8, 4) is 0 Å². The molecule has 1 aliphatic rings. The van der Waals surface area contributed by atoms with Crippen molar-refractivity contribution in [2.24, 2.45) is 0 Å². The molecule has 0 unspecified atom stereocenters. The molecular weight excluding hydrogens is 614 g/mol. The van der Waals surface area contributed by atoms with Gasteiger partial charge in [-0.3, -0.25) is 13.9 Å². The Morgan fingerprint density at radius 1 is 0.830 bits per heavy atom. The Morgan fingerprint density at radius 3 is 2.13 bits per heavy atom. The van der Waals surface area contributed by atoms with Gasteiger partial charge in [-0.1, -0.05) is 85.1 Å². The van der Waals surface area contributed by atoms with E-state index < -0.39 is 34.3 Å². The third-order valence-electron chi connectivity index (χ3n) is 8.76. The number of nitrogens with zero attached hydrogens (tertiary/aromatic N) is 2. The summed E-state index contributed by atoms with van der Waals surface area (Å²) in [5.74, 6) is -1.26. The van der Waals surface area contributed by atoms with Crippen LogP contribution in [0.25, 0.3) is 0 Å². The molecule has 4 aromatic rings. The van der Waals surface area contributed by atoms with E-state index in [4.69, 9.17) is 0 Å². The molecule has 5 rings (SSSR count). The number of benzene rings is 4. The molecule has 0 saturated heterocycles. The number of hydrogen-bond acceptors (Lipinski definition) is 4. The number of aryl methyl sites for hydroxylation is 3. The highest BCUT2D eigenvalue weighted by molar-refractivity contribution is 7.92. The second-order valence-corrected chi connectivity index (χ2v) is 14.3. The van der Waals surface area contributed by atoms with E-state index in [1.165, 1.54) is 29.2 Å². The lowest BCUT2D eigenvalue weighted by atomic mass is 10.0. The zero-order chi connectivity index (χ0) is 33.6. The van der Waals surface area contributed by atoms with E-state index in [1.807, 2.05) is 56.3 Å². The molecule has 1 atom stereocenters. The van der Waals surface area contributed by atoms with Crippen molar-refractivity contribution in [1.29, 1.82) is 0 Å². The number of amides is 2. The molecule has 1 fully saturated rings. The van der Waals surface area contributed by atoms with Crippen LogP contribution < -0.4 is 9.62 Å². The molecule has 0 heterocycles. The molecule has 1 aliphatic carbocycles. The number of rotatable bonds is 12. The van der Waals surface area contributed by atoms with Crippen LogP contribution in [0.3, 0.4) is 0 Å². The van der Waals surface area contributed by atoms with E-state index in [1.54, 1.807) is 37.3 Å². The first-order valence-electron chi connectivity index (χ1n) is 16.1. The molecule has 246 valence electrons. The van der Waals surface area contributed by atoms with E-state index in [0.717, 1.165) is 46.7 Å². The maximum atomic E-state index is 14.7. The summed E-state index contributed by atoms with van der Waals surface area (Å²) in [4.78, 5) is 30.3. The number of anilines is 1. The van der Waals surface area contributed by atoms with E-state index in [-0.39, 0.29) is 29.8 Å². The quantitative estimate of drug-likeness (QED) is 0.185. The zero-order valence-electron chi connectivity index (χ0n) is 27.2. The minimum absolute atomic E-state index is 0.0110. The van der Waals surface area contributed by atoms with E-state index in [9.17, 15) is 22.4 Å². The summed E-state index contributed by atoms with van der Waals surface area (Å²) in [6.45, 7) is 4.99. The number of nitrogens with one attached hydrogen (secondary N) is 1. The van der Waals surface area contributed by atoms with Crippen LogP contribution in [-0.4, -0.2) is 43.8 Å². The standard InChI is InChI=1S/C38H42FN3O4S/c1-27-14-21-34(22-15-27)47(45,46)42(35-23-28(2)13-16-29(35)3)26-37(43)41(25-31-17-19-32(39)20-18-31)36(24-30-9-5-4-6-10-30)38(44)40-33-11-7-8-12-33/h4-6,9-10,13-23,33,36H,7-8,11-12,24-26H2,1-3H3,(H,40,44)/t36-/m1/s1. The molecule has 1 N–H and O–H groups in total. The zero-order valence-corrected chi connectivity index (χ0v) is 28.0. The fourth-order valence-corrected chi connectivity index (χ4v) is 7.52. The summed E-state index contributed by atoms with van der Waals surface area (Å²) >= 11 is 0. The van der Waals surface area contributed by atoms with Crippen LogP contribution in [-0.2, 0) is 32.6 Å². The minimum Gasteiger partial charge on any atom is -0.352 e. The van der Waals surface area contributed by atoms with Crippen molar-refractivity contribution in [2.75, 3.05) is 10.8 Å². The van der Waals surface area contributed by atoms with Gasteiger partial charge in [0.15, 0.2) is 0 Å². The lowest BCUT2D eigenvalue weighted by Crippen LogP contribution is -2.54. The SMILES string of the molecule is Cc1ccc(S(=O)(=O)N(CC(=O)N(Cc2ccc(F)cc2)[C@H](Cc2ccccc2)C(=O)NC2CCCC2)c2cc(C)ccc2C)cc1. The van der Waals surface area contributed by atoms with Crippen LogP contribution in [0, 0.1) is 26.6 Å². The normalized spacial score (nSPS) is 14.0. The van der Waals surface area contributed by atoms with Crippen LogP contribution in [0.1, 0.15) is 53.5 Å². The van der Waals surface area contributed by atoms with Crippen molar-refractivity contribution in [2.45, 2.75) is 76.4 Å². The maximum absolute atomic E-state index is 14.7. The number of carbonyl (C=O) groups is 2. The lowest BCUT2D eigenvalue weighted by molar-refractivity contribution is -0.140. The molecule has 2 amide bonds. The highest BCUT2D eigenvalue weighted by atomic mass is 32.2. The van der Waals surface area contributed by atoms with Crippen molar-refractivity contribution in [3.05, 3.63) is 131 Å². The van der Waals surface area contributed by atoms with Gasteiger partial charge in [0.2, 0.25) is 11.8 Å². The van der Waals surface area contributed by atoms with Gasteiger partial charge >= 0.3 is 0 Å². The average Bonchev–Trinajstić information content (AvgIpc) is 3.57. The Balaban J connectivity index is 1.58. The Hall–Kier alpha value is -4.50. The van der Waals surface area contributed by atoms with Gasteiger partial charge < -0.3 is 10.2 Å². The Bertz CT molecular complexity index is 1790. The van der Waals surface area contributed by atoms with Crippen molar-refractivity contribution in [1.82, 2.24) is 10.2 Å². The van der Waals surface area contributed by atoms with Gasteiger partial charge in [0.1, 0.15) is 18.4 Å². The van der Waals surface area contributed by atoms with Gasteiger partial charge in [-0.15, -0.1) is 0 Å². The Kier molecular flexibility index (Phi) is 10.8. The van der Waals surface area contributed by atoms with Gasteiger partial charge in [-0.2, -0.15) is 0 Å². The second kappa shape index (κ2) is 14.9. The van der Waals surface area contributed by atoms with Crippen LogP contribution >= 0.6 is 0 Å². The van der Waals surface area contributed by atoms with Crippen LogP contribution in [0.5, 0.6) is 0 Å². The summed E-state index contributed by atoms with van der Waals surface area (Å²) in [6.07, 6.45) is 4.00. The summed E-state index contributed by atoms with van der Waals surface area (Å²) in [6, 6.07) is 26.3. The highest BCUT2D eigenvalue weighted by Crippen LogP contribution is 2.29. The third kappa shape index (κ3) is 8.46. The van der Waals surface area contributed by atoms with Gasteiger partial charge in [-0.25, -0.2) is 12.8 Å². The number of halogens is 1. The highest BCUT2D eigenvalue weighted by Gasteiger charge is 2.36. The van der Waals surface area contributed by atoms with Gasteiger partial charge in [-0.05, 0) is 86.2 Å². The molecule has 0 aliphatic heterocycles. The minimum atomic E-state index is -4.20. The summed E-state index contributed by atoms with van der Waals surface area (Å²) in [5, 5.41) is 3.17. The molecule has 4 aromatic carbocycles. The topological polar surface area (TPSA) is 86.8 Å². The molecule has 0 bridgehead atoms. The van der Waals surface area contributed by atoms with Crippen molar-refractivity contribution < 1.29 is 22.4 Å². The van der Waals surface area contributed by atoms with E-state index in [2.05, 4.69) is 5.32 Å². The molecule has 1 saturated carbocycles. The maximum Gasteiger partial charge on any atom is 0.264 e. The Morgan fingerprint density at radius 2 is 1.47 bits per heavy atom. The molecular formula is C38H42FN3O4S. The van der Waals surface area contributed by atoms with Crippen LogP contribution in [0.15, 0.2) is 102 Å². The average molecular weight is 656 g/mol. The fourth-order valence-electron chi connectivity index (χ4n) is 6.05. The predicted octanol–water partition coefficient (Wildman–Crippen LogP) is 6.65. The predicted molar refractivity (Wildman–Crippen MR) is 183 cm³/mol. The molecule has 47 heavy (non-hydrogen) atoms. The largest absolute Gasteiger partial charge is 0.352 e. The van der Waals surface area contributed by atoms with E-state index >= 15 is 0 Å². The summed E-state index contributed by atoms with van der Waals surface area (Å²) in [7, 11) is -4.20. The van der Waals surface area contributed by atoms with Gasteiger partial charge in [0.05, 0.1) is 10.6 Å². The molecule has 9 heteroatoms. The first-order chi connectivity index (χ1) is 22.5. The Labute approximate surface area is 277 Å². The molecule has 0 radical (unpaired) electrons. The smallest absolute Gasteiger partial charge is 0.264 e. The van der Waals surface area contributed by atoms with E-state index in [0.29, 0.717) is 16.8 Å². The first-order valence-corrected chi connectivity index (χ1v) is 17.5. The van der Waals surface area contributed by atoms with Crippen molar-refractivity contribution in [3.63, 3.8) is 0 Å². The summed E-state index contributed by atoms with van der Waals surface area (Å²) < 4.78 is 43.7. The lowest BCUT2D eigenvalue weighted by Gasteiger charge is -2.34. The fraction of sp³-hybridized carbons (Fsp3) is 0.316. The van der Waals surface area contributed by atoms with Crippen LogP contribution in [0.2, 0.25) is 0 Å². The third-order valence-corrected chi connectivity index (χ3v) is 10.5.